The van der Waals surface area contributed by atoms with Crippen molar-refractivity contribution in [2.24, 2.45) is 29.2 Å². The third kappa shape index (κ3) is 32.7. The predicted octanol–water partition coefficient (Wildman–Crippen LogP) is -0.495. The summed E-state index contributed by atoms with van der Waals surface area (Å²) < 4.78 is 18.9. The van der Waals surface area contributed by atoms with Crippen molar-refractivity contribution in [3.05, 3.63) is 90.3 Å². The summed E-state index contributed by atoms with van der Waals surface area (Å²) in [4.78, 5) is 252. The number of aromatic amines is 2. The van der Waals surface area contributed by atoms with Gasteiger partial charge in [-0.3, -0.25) is 76.7 Å². The van der Waals surface area contributed by atoms with Gasteiger partial charge in [-0.05, 0) is 105 Å². The molecular formula is C86H119N17O23S3. The summed E-state index contributed by atoms with van der Waals surface area (Å²) >= 11 is 3.78. The number of aliphatic hydroxyl groups is 1. The number of thioether (sulfide) groups is 3. The number of nitrogens with zero attached hydrogens (tertiary/aromatic N) is 2. The second kappa shape index (κ2) is 52.6. The molecule has 0 aliphatic carbocycles. The van der Waals surface area contributed by atoms with Crippen molar-refractivity contribution in [3.8, 4) is 17.2 Å². The fraction of sp³-hybridized carbons (Fsp3) is 0.547. The molecule has 43 heteroatoms. The fourth-order valence-electron chi connectivity index (χ4n) is 14.3. The number of para-hydroxylation sites is 2. The normalized spacial score (nSPS) is 23.4. The third-order valence-corrected chi connectivity index (χ3v) is 24.8. The van der Waals surface area contributed by atoms with Crippen molar-refractivity contribution in [1.82, 2.24) is 78.3 Å². The maximum atomic E-state index is 15.3. The number of nitrogens with two attached hydrogens (primary N) is 2. The Labute approximate surface area is 758 Å². The Morgan fingerprint density at radius 1 is 0.581 bits per heavy atom. The van der Waals surface area contributed by atoms with E-state index in [0.29, 0.717) is 87.4 Å². The van der Waals surface area contributed by atoms with Crippen LogP contribution in [0.15, 0.2) is 79.1 Å². The molecule has 3 aromatic carbocycles. The number of hydrogen-bond acceptors (Lipinski definition) is 26. The number of aliphatic hydroxyl groups excluding tert-OH is 1. The van der Waals surface area contributed by atoms with Gasteiger partial charge in [-0.15, -0.1) is 0 Å². The summed E-state index contributed by atoms with van der Waals surface area (Å²) in [7, 11) is 1.40. The van der Waals surface area contributed by atoms with Crippen molar-refractivity contribution >= 4 is 158 Å². The highest BCUT2D eigenvalue weighted by Gasteiger charge is 2.42. The average molecular weight is 1860 g/mol. The van der Waals surface area contributed by atoms with Crippen LogP contribution in [-0.4, -0.2) is 291 Å². The Morgan fingerprint density at radius 2 is 1.08 bits per heavy atom. The number of aromatic nitrogens is 2. The number of aliphatic carboxylic acids is 1. The minimum atomic E-state index is -1.92. The quantitative estimate of drug-likeness (QED) is 0.0496. The van der Waals surface area contributed by atoms with E-state index in [4.69, 9.17) is 35.3 Å². The third-order valence-electron chi connectivity index (χ3n) is 21.3. The molecule has 14 amide bonds. The number of Topliss-reactive ketones (excluding diaryl/α,β-unsaturated/α-hetero) is 1. The molecule has 0 radical (unpaired) electrons. The van der Waals surface area contributed by atoms with E-state index in [0.717, 1.165) is 4.90 Å². The molecule has 0 spiro atoms. The molecule has 19 N–H and O–H groups in total. The van der Waals surface area contributed by atoms with Crippen molar-refractivity contribution in [2.45, 2.75) is 192 Å². The zero-order valence-electron chi connectivity index (χ0n) is 73.4. The second-order valence-electron chi connectivity index (χ2n) is 32.1. The Kier molecular flexibility index (Phi) is 42.5. The van der Waals surface area contributed by atoms with Crippen LogP contribution in [0, 0.1) is 17.8 Å². The maximum Gasteiger partial charge on any atom is 0.373 e. The number of amides is 14. The lowest BCUT2D eigenvalue weighted by atomic mass is 9.98. The number of carboxylic acid groups (broad SMARTS) is 1. The molecule has 13 atom stereocenters. The second-order valence-corrected chi connectivity index (χ2v) is 35.5. The fourth-order valence-corrected chi connectivity index (χ4v) is 17.2. The van der Waals surface area contributed by atoms with Gasteiger partial charge in [-0.25, -0.2) is 0 Å². The first kappa shape index (κ1) is 104. The van der Waals surface area contributed by atoms with Crippen LogP contribution in [0.4, 0.5) is 0 Å². The summed E-state index contributed by atoms with van der Waals surface area (Å²) in [6, 6.07) is 3.16. The van der Waals surface area contributed by atoms with E-state index in [1.807, 2.05) is 0 Å². The average Bonchev–Trinajstić information content (AvgIpc) is 1.71. The standard InChI is InChI=1S/C85H119N17O21S3.CO2/c1-9-58-78(113)97-65-45-126-31-17-28-123-55-36-53(121-26-15-29-124-43-52(76(111)100-74(49(7)103)84(119)93-58)34-67(104)48(6)91-69(106)42-101(8)70(107)23-24-86)35-54(37-55)122-27-16-30-125-44-64(75(87)110)96-82(117)66-22-14-25-102(66)85(120)73(47(4)5)99-79(114)61(32-50-39-88-59-20-12-10-18-56(50)59)92-68(105)41-90-77(112)63(38-71(108)109)95-83(118)72(46(2)3)98-80(115)62(94-81(65)116)33-51-40-89-60-21-13-11-19-57(51)60;2-1-3/h10-13,18-21,35-37,39-40,46-49,52,58,61-66,72-74,88-89,103H,9,14-17,22-34,38,41-45,86H2,1-8H3,(H2,87,110)(H,90,112)(H,91,106)(H,92,105)(H,93,119)(H,94,116)(H,95,118)(H,96,117)(H,97,113)(H,98,115)(H,99,114)(H,100,111)(H,108,109);/t48-,49+,52-,58-,61-,62-,63-,64-,65-,66-,72-,73-,74-;/m0./s1. The van der Waals surface area contributed by atoms with Crippen LogP contribution in [0.3, 0.4) is 0 Å². The van der Waals surface area contributed by atoms with Crippen molar-refractivity contribution in [1.29, 1.82) is 0 Å². The van der Waals surface area contributed by atoms with Gasteiger partial charge in [-0.2, -0.15) is 44.9 Å². The van der Waals surface area contributed by atoms with Crippen LogP contribution in [0.25, 0.3) is 21.8 Å². The number of nitrogens with one attached hydrogen (secondary N) is 13. The van der Waals surface area contributed by atoms with Gasteiger partial charge in [0, 0.05) is 115 Å². The molecule has 1 fully saturated rings. The molecule has 4 bridgehead atoms. The van der Waals surface area contributed by atoms with Gasteiger partial charge in [0.25, 0.3) is 0 Å². The number of benzene rings is 3. The molecule has 1 saturated heterocycles. The first-order chi connectivity index (χ1) is 61.5. The van der Waals surface area contributed by atoms with Crippen LogP contribution in [0.1, 0.15) is 117 Å². The molecule has 704 valence electrons. The van der Waals surface area contributed by atoms with Gasteiger partial charge >= 0.3 is 12.1 Å². The molecule has 0 saturated carbocycles. The molecule has 3 aliphatic heterocycles. The Bertz CT molecular complexity index is 4770. The van der Waals surface area contributed by atoms with Crippen LogP contribution < -0.4 is 84.2 Å². The SMILES string of the molecule is CC[C@@H]1NC(=O)[C@H]([C@@H](C)O)NC(=O)[C@@H](CC(=O)[C@H](C)NC(=O)CN(C)C(=O)CCN)CSCCCOc2cc3cc(c2)OCCCSC[C@H](NC1=O)C(=O)N[C@@H](Cc1c[nH]c2ccccc12)C(=O)N[C@@H](C(C)C)C(=O)N[C@@H](CC(=O)O)C(=O)NCC(=O)N[C@@H](Cc1c[nH]c2ccccc12)C(=O)N[C@@H](C(C)C)C(=O)N1CCC[C@H]1C(=O)N[C@H](C(N)=O)CSCCCO3.O=C=O. The number of carbonyl (C=O) groups excluding carboxylic acids is 17. The van der Waals surface area contributed by atoms with Crippen LogP contribution in [-0.2, 0) is 99.1 Å². The van der Waals surface area contributed by atoms with E-state index >= 15 is 9.59 Å². The minimum Gasteiger partial charge on any atom is -0.493 e. The van der Waals surface area contributed by atoms with E-state index < -0.39 is 211 Å². The number of carboxylic acids is 1. The lowest BCUT2D eigenvalue weighted by Gasteiger charge is -2.32. The molecular weight excluding hydrogens is 1740 g/mol. The number of likely N-dealkylation sites (N-methyl/N-ethyl adjacent to an activating group) is 1. The lowest BCUT2D eigenvalue weighted by molar-refractivity contribution is -0.192. The largest absolute Gasteiger partial charge is 0.493 e. The van der Waals surface area contributed by atoms with Gasteiger partial charge in [0.05, 0.1) is 57.4 Å². The zero-order chi connectivity index (χ0) is 94.6. The van der Waals surface area contributed by atoms with Crippen molar-refractivity contribution in [3.63, 3.8) is 0 Å². The molecule has 0 unspecified atom stereocenters. The van der Waals surface area contributed by atoms with Crippen LogP contribution in [0.5, 0.6) is 17.2 Å². The zero-order valence-corrected chi connectivity index (χ0v) is 75.8. The Balaban J connectivity index is 0.00000748. The van der Waals surface area contributed by atoms with E-state index in [1.54, 1.807) is 114 Å². The van der Waals surface area contributed by atoms with E-state index in [-0.39, 0.29) is 94.2 Å². The molecule has 5 heterocycles. The lowest BCUT2D eigenvalue weighted by Crippen LogP contribution is -2.61. The van der Waals surface area contributed by atoms with Gasteiger partial charge in [0.2, 0.25) is 82.7 Å². The number of carbonyl (C=O) groups is 16. The highest BCUT2D eigenvalue weighted by atomic mass is 32.2. The Morgan fingerprint density at radius 3 is 1.60 bits per heavy atom. The molecule has 2 aromatic heterocycles. The summed E-state index contributed by atoms with van der Waals surface area (Å²) in [5.74, 6) is -14.9. The van der Waals surface area contributed by atoms with Crippen molar-refractivity contribution in [2.75, 3.05) is 87.6 Å². The summed E-state index contributed by atoms with van der Waals surface area (Å²) in [6.07, 6.45) is 1.49. The predicted molar refractivity (Wildman–Crippen MR) is 478 cm³/mol. The number of ether oxygens (including phenoxy) is 3. The molecule has 129 heavy (non-hydrogen) atoms. The summed E-state index contributed by atoms with van der Waals surface area (Å²) in [5.41, 5.74) is 13.8. The van der Waals surface area contributed by atoms with Gasteiger partial charge in [0.1, 0.15) is 77.7 Å². The number of rotatable bonds is 19. The topological polar surface area (TPSA) is 598 Å². The van der Waals surface area contributed by atoms with E-state index in [1.165, 1.54) is 61.1 Å². The van der Waals surface area contributed by atoms with Crippen LogP contribution in [0.2, 0.25) is 0 Å². The number of primary amides is 1. The smallest absolute Gasteiger partial charge is 0.373 e. The van der Waals surface area contributed by atoms with Crippen LogP contribution >= 0.6 is 35.3 Å². The Hall–Kier alpha value is -11.8. The molecule has 3 aliphatic rings. The molecule has 8 rings (SSSR count). The number of fused-ring (bicyclic) bond motifs is 11. The number of H-pyrrole nitrogens is 2. The molecule has 5 aromatic rings. The van der Waals surface area contributed by atoms with Crippen molar-refractivity contribution < 1.29 is 111 Å². The highest BCUT2D eigenvalue weighted by molar-refractivity contribution is 7.99. The first-order valence-electron chi connectivity index (χ1n) is 42.7. The summed E-state index contributed by atoms with van der Waals surface area (Å²) in [5, 5.41) is 51.6. The minimum absolute atomic E-state index is 0.0219. The maximum absolute atomic E-state index is 15.3. The number of hydrogen-bond donors (Lipinski definition) is 17. The van der Waals surface area contributed by atoms with Gasteiger partial charge in [0.15, 0.2) is 5.78 Å². The van der Waals surface area contributed by atoms with E-state index in [2.05, 4.69) is 68.5 Å². The van der Waals surface area contributed by atoms with Gasteiger partial charge < -0.3 is 114 Å². The molecule has 40 nitrogen and oxygen atoms in total. The summed E-state index contributed by atoms with van der Waals surface area (Å²) in [6.45, 7) is 9.82. The number of ketones is 1. The van der Waals surface area contributed by atoms with E-state index in [9.17, 15) is 77.3 Å². The highest BCUT2D eigenvalue weighted by Crippen LogP contribution is 2.31. The van der Waals surface area contributed by atoms with Gasteiger partial charge in [-0.1, -0.05) is 71.0 Å². The monoisotopic (exact) mass is 1850 g/mol. The first-order valence-corrected chi connectivity index (χ1v) is 46.1.